The van der Waals surface area contributed by atoms with Crippen molar-refractivity contribution in [3.05, 3.63) is 0 Å². The molecule has 2 heterocycles. The maximum atomic E-state index is 12.4. The maximum Gasteiger partial charge on any atom is 0.243 e. The summed E-state index contributed by atoms with van der Waals surface area (Å²) in [6.07, 6.45) is 3.77. The summed E-state index contributed by atoms with van der Waals surface area (Å²) in [5, 5.41) is 9.09. The summed E-state index contributed by atoms with van der Waals surface area (Å²) >= 11 is 0. The lowest BCUT2D eigenvalue weighted by atomic mass is 10.0. The second-order valence-corrected chi connectivity index (χ2v) is 5.51. The summed E-state index contributed by atoms with van der Waals surface area (Å²) in [6.45, 7) is 5.95. The summed E-state index contributed by atoms with van der Waals surface area (Å²) in [5.74, 6) is 0.121. The van der Waals surface area contributed by atoms with Crippen molar-refractivity contribution in [3.8, 4) is 6.07 Å². The molecule has 4 heteroatoms. The molecular formula is C14H23N3O. The normalized spacial score (nSPS) is 32.2. The molecule has 0 spiro atoms. The number of fused-ring (bicyclic) bond motifs is 2. The highest BCUT2D eigenvalue weighted by molar-refractivity contribution is 5.89. The molecule has 4 nitrogen and oxygen atoms in total. The fourth-order valence-corrected chi connectivity index (χ4v) is 3.19. The SMILES string of the molecule is CC.CN1CC2CCC(C1)N2C(=O)C1(C#N)CC1. The van der Waals surface area contributed by atoms with Gasteiger partial charge in [0.25, 0.3) is 0 Å². The van der Waals surface area contributed by atoms with Gasteiger partial charge in [-0.1, -0.05) is 13.8 Å². The van der Waals surface area contributed by atoms with Crippen molar-refractivity contribution in [2.75, 3.05) is 20.1 Å². The molecule has 0 radical (unpaired) electrons. The lowest BCUT2D eigenvalue weighted by molar-refractivity contribution is -0.140. The first kappa shape index (κ1) is 13.4. The van der Waals surface area contributed by atoms with Crippen molar-refractivity contribution in [3.63, 3.8) is 0 Å². The minimum Gasteiger partial charge on any atom is -0.333 e. The van der Waals surface area contributed by atoms with Gasteiger partial charge < -0.3 is 9.80 Å². The molecule has 1 amide bonds. The van der Waals surface area contributed by atoms with E-state index >= 15 is 0 Å². The summed E-state index contributed by atoms with van der Waals surface area (Å²) in [5.41, 5.74) is -0.628. The van der Waals surface area contributed by atoms with E-state index < -0.39 is 5.41 Å². The van der Waals surface area contributed by atoms with E-state index in [1.54, 1.807) is 0 Å². The summed E-state index contributed by atoms with van der Waals surface area (Å²) in [7, 11) is 2.12. The molecule has 0 aromatic carbocycles. The fourth-order valence-electron chi connectivity index (χ4n) is 3.19. The Bertz CT molecular complexity index is 356. The van der Waals surface area contributed by atoms with E-state index in [-0.39, 0.29) is 5.91 Å². The Morgan fingerprint density at radius 3 is 2.11 bits per heavy atom. The van der Waals surface area contributed by atoms with Crippen molar-refractivity contribution >= 4 is 5.91 Å². The Balaban J connectivity index is 0.000000574. The van der Waals surface area contributed by atoms with Crippen molar-refractivity contribution in [1.82, 2.24) is 9.80 Å². The van der Waals surface area contributed by atoms with Crippen LogP contribution < -0.4 is 0 Å². The summed E-state index contributed by atoms with van der Waals surface area (Å²) in [6, 6.07) is 2.95. The number of hydrogen-bond acceptors (Lipinski definition) is 3. The molecule has 2 atom stereocenters. The third-order valence-corrected chi connectivity index (χ3v) is 4.27. The Morgan fingerprint density at radius 2 is 1.72 bits per heavy atom. The number of amides is 1. The summed E-state index contributed by atoms with van der Waals surface area (Å²) < 4.78 is 0. The van der Waals surface area contributed by atoms with Gasteiger partial charge in [0, 0.05) is 25.2 Å². The zero-order chi connectivity index (χ0) is 13.3. The van der Waals surface area contributed by atoms with Crippen LogP contribution in [-0.2, 0) is 4.79 Å². The Morgan fingerprint density at radius 1 is 1.22 bits per heavy atom. The van der Waals surface area contributed by atoms with Crippen LogP contribution in [0.3, 0.4) is 0 Å². The Kier molecular flexibility index (Phi) is 3.63. The van der Waals surface area contributed by atoms with Crippen molar-refractivity contribution in [2.24, 2.45) is 5.41 Å². The molecule has 3 fully saturated rings. The first-order chi connectivity index (χ1) is 8.66. The van der Waals surface area contributed by atoms with E-state index in [4.69, 9.17) is 5.26 Å². The van der Waals surface area contributed by atoms with E-state index in [1.807, 2.05) is 18.7 Å². The molecule has 1 saturated carbocycles. The molecule has 3 aliphatic rings. The quantitative estimate of drug-likeness (QED) is 0.709. The van der Waals surface area contributed by atoms with Gasteiger partial charge >= 0.3 is 0 Å². The van der Waals surface area contributed by atoms with Crippen LogP contribution in [0.1, 0.15) is 39.5 Å². The van der Waals surface area contributed by atoms with Gasteiger partial charge in [-0.15, -0.1) is 0 Å². The molecule has 2 unspecified atom stereocenters. The molecule has 0 aromatic rings. The lowest BCUT2D eigenvalue weighted by Gasteiger charge is -2.40. The van der Waals surface area contributed by atoms with E-state index in [1.165, 1.54) is 0 Å². The molecule has 2 bridgehead atoms. The lowest BCUT2D eigenvalue weighted by Crippen LogP contribution is -2.56. The molecule has 2 saturated heterocycles. The molecular weight excluding hydrogens is 226 g/mol. The van der Waals surface area contributed by atoms with Gasteiger partial charge in [-0.2, -0.15) is 5.26 Å². The van der Waals surface area contributed by atoms with Gasteiger partial charge in [-0.05, 0) is 32.7 Å². The molecule has 1 aliphatic carbocycles. The number of likely N-dealkylation sites (N-methyl/N-ethyl adjacent to an activating group) is 1. The first-order valence-corrected chi connectivity index (χ1v) is 7.09. The second kappa shape index (κ2) is 4.89. The number of nitrogens with zero attached hydrogens (tertiary/aromatic N) is 3. The van der Waals surface area contributed by atoms with E-state index in [0.717, 1.165) is 38.8 Å². The number of hydrogen-bond donors (Lipinski definition) is 0. The van der Waals surface area contributed by atoms with Gasteiger partial charge in [0.15, 0.2) is 0 Å². The Hall–Kier alpha value is -1.08. The van der Waals surface area contributed by atoms with Gasteiger partial charge in [0.1, 0.15) is 5.41 Å². The number of carbonyl (C=O) groups excluding carboxylic acids is 1. The van der Waals surface area contributed by atoms with Crippen LogP contribution in [0.25, 0.3) is 0 Å². The van der Waals surface area contributed by atoms with Crippen molar-refractivity contribution in [1.29, 1.82) is 5.26 Å². The predicted octanol–water partition coefficient (Wildman–Crippen LogP) is 1.62. The maximum absolute atomic E-state index is 12.4. The van der Waals surface area contributed by atoms with E-state index in [9.17, 15) is 4.79 Å². The zero-order valence-electron chi connectivity index (χ0n) is 11.6. The van der Waals surface area contributed by atoms with Crippen LogP contribution >= 0.6 is 0 Å². The van der Waals surface area contributed by atoms with Crippen LogP contribution in [0.5, 0.6) is 0 Å². The highest BCUT2D eigenvalue weighted by Crippen LogP contribution is 2.48. The fraction of sp³-hybridized carbons (Fsp3) is 0.857. The highest BCUT2D eigenvalue weighted by Gasteiger charge is 2.56. The summed E-state index contributed by atoms with van der Waals surface area (Å²) in [4.78, 5) is 16.7. The molecule has 0 aromatic heterocycles. The number of piperazine rings is 1. The second-order valence-electron chi connectivity index (χ2n) is 5.51. The van der Waals surface area contributed by atoms with Gasteiger partial charge in [-0.3, -0.25) is 4.79 Å². The average molecular weight is 249 g/mol. The standard InChI is InChI=1S/C12H17N3O.C2H6/c1-14-6-9-2-3-10(7-14)15(9)11(16)12(8-13)4-5-12;1-2/h9-10H,2-7H2,1H3;1-2H3. The minimum absolute atomic E-state index is 0.121. The smallest absolute Gasteiger partial charge is 0.243 e. The third kappa shape index (κ3) is 2.01. The number of carbonyl (C=O) groups is 1. The van der Waals surface area contributed by atoms with Crippen molar-refractivity contribution in [2.45, 2.75) is 51.6 Å². The number of likely N-dealkylation sites (tertiary alicyclic amines) is 1. The van der Waals surface area contributed by atoms with Gasteiger partial charge in [0.2, 0.25) is 5.91 Å². The topological polar surface area (TPSA) is 47.3 Å². The van der Waals surface area contributed by atoms with Crippen LogP contribution in [-0.4, -0.2) is 47.9 Å². The van der Waals surface area contributed by atoms with Crippen LogP contribution in [0.2, 0.25) is 0 Å². The largest absolute Gasteiger partial charge is 0.333 e. The van der Waals surface area contributed by atoms with Crippen LogP contribution in [0.15, 0.2) is 0 Å². The molecule has 18 heavy (non-hydrogen) atoms. The molecule has 2 aliphatic heterocycles. The predicted molar refractivity (Wildman–Crippen MR) is 69.8 cm³/mol. The minimum atomic E-state index is -0.628. The van der Waals surface area contributed by atoms with E-state index in [2.05, 4.69) is 18.0 Å². The highest BCUT2D eigenvalue weighted by atomic mass is 16.2. The molecule has 0 N–H and O–H groups in total. The van der Waals surface area contributed by atoms with Crippen LogP contribution in [0, 0.1) is 16.7 Å². The van der Waals surface area contributed by atoms with Gasteiger partial charge in [-0.25, -0.2) is 0 Å². The first-order valence-electron chi connectivity index (χ1n) is 7.09. The zero-order valence-corrected chi connectivity index (χ0v) is 11.6. The third-order valence-electron chi connectivity index (χ3n) is 4.27. The molecule has 100 valence electrons. The Labute approximate surface area is 110 Å². The number of nitriles is 1. The van der Waals surface area contributed by atoms with Gasteiger partial charge in [0.05, 0.1) is 6.07 Å². The van der Waals surface area contributed by atoms with Crippen LogP contribution in [0.4, 0.5) is 0 Å². The average Bonchev–Trinajstić information content (AvgIpc) is 3.13. The number of rotatable bonds is 1. The van der Waals surface area contributed by atoms with Crippen molar-refractivity contribution < 1.29 is 4.79 Å². The molecule has 3 rings (SSSR count). The van der Waals surface area contributed by atoms with E-state index in [0.29, 0.717) is 12.1 Å². The monoisotopic (exact) mass is 249 g/mol.